The van der Waals surface area contributed by atoms with Crippen molar-refractivity contribution in [3.8, 4) is 27.9 Å². The highest BCUT2D eigenvalue weighted by atomic mass is 32.2. The summed E-state index contributed by atoms with van der Waals surface area (Å²) < 4.78 is 16.7. The van der Waals surface area contributed by atoms with E-state index in [-0.39, 0.29) is 0 Å². The summed E-state index contributed by atoms with van der Waals surface area (Å²) in [6.45, 7) is 2.52. The highest BCUT2D eigenvalue weighted by Crippen LogP contribution is 2.31. The van der Waals surface area contributed by atoms with Gasteiger partial charge < -0.3 is 13.7 Å². The summed E-state index contributed by atoms with van der Waals surface area (Å²) in [5.74, 6) is 3.30. The molecule has 28 heavy (non-hydrogen) atoms. The molecular weight excluding hydrogens is 396 g/mol. The van der Waals surface area contributed by atoms with Crippen LogP contribution in [0.1, 0.15) is 19.2 Å². The summed E-state index contributed by atoms with van der Waals surface area (Å²) in [5, 5.41) is 14.8. The van der Waals surface area contributed by atoms with Gasteiger partial charge in [-0.15, -0.1) is 21.5 Å². The summed E-state index contributed by atoms with van der Waals surface area (Å²) in [4.78, 5) is 5.44. The summed E-state index contributed by atoms with van der Waals surface area (Å²) in [5.41, 5.74) is 0.802. The molecule has 0 bridgehead atoms. The molecule has 0 unspecified atom stereocenters. The summed E-state index contributed by atoms with van der Waals surface area (Å²) in [6.07, 6.45) is 1.57. The van der Waals surface area contributed by atoms with Gasteiger partial charge in [-0.1, -0.05) is 35.1 Å². The normalized spacial score (nSPS) is 11.0. The predicted molar refractivity (Wildman–Crippen MR) is 108 cm³/mol. The molecule has 0 saturated heterocycles. The third-order valence-corrected chi connectivity index (χ3v) is 5.56. The van der Waals surface area contributed by atoms with Crippen molar-refractivity contribution in [3.05, 3.63) is 47.7 Å². The zero-order valence-corrected chi connectivity index (χ0v) is 16.8. The Kier molecular flexibility index (Phi) is 6.03. The second-order valence-electron chi connectivity index (χ2n) is 5.74. The molecule has 0 aliphatic rings. The van der Waals surface area contributed by atoms with Crippen LogP contribution in [0, 0.1) is 0 Å². The van der Waals surface area contributed by atoms with Gasteiger partial charge in [0.2, 0.25) is 11.7 Å². The maximum atomic E-state index is 5.77. The smallest absolute Gasteiger partial charge is 0.276 e. The Morgan fingerprint density at radius 3 is 2.93 bits per heavy atom. The number of thioether (sulfide) groups is 1. The monoisotopic (exact) mass is 414 g/mol. The minimum Gasteiger partial charge on any atom is -0.493 e. The van der Waals surface area contributed by atoms with Crippen molar-refractivity contribution in [1.29, 1.82) is 0 Å². The maximum Gasteiger partial charge on any atom is 0.276 e. The average molecular weight is 415 g/mol. The molecule has 0 radical (unpaired) electrons. The molecule has 0 saturated carbocycles. The lowest BCUT2D eigenvalue weighted by Gasteiger charge is -2.05. The van der Waals surface area contributed by atoms with E-state index in [0.717, 1.165) is 28.4 Å². The molecule has 3 aromatic heterocycles. The van der Waals surface area contributed by atoms with Crippen LogP contribution < -0.4 is 4.74 Å². The van der Waals surface area contributed by atoms with Gasteiger partial charge in [-0.05, 0) is 36.9 Å². The number of aromatic nitrogens is 4. The number of ether oxygens (including phenoxy) is 1. The van der Waals surface area contributed by atoms with Crippen molar-refractivity contribution in [1.82, 2.24) is 20.3 Å². The molecule has 1 aromatic carbocycles. The number of hydrogen-bond donors (Lipinski definition) is 0. The molecule has 144 valence electrons. The molecular formula is C19H18N4O3S2. The van der Waals surface area contributed by atoms with Gasteiger partial charge in [0.25, 0.3) is 11.1 Å². The lowest BCUT2D eigenvalue weighted by Crippen LogP contribution is -1.93. The van der Waals surface area contributed by atoms with E-state index in [9.17, 15) is 0 Å². The van der Waals surface area contributed by atoms with Crippen molar-refractivity contribution < 1.29 is 13.7 Å². The number of hydrogen-bond acceptors (Lipinski definition) is 9. The maximum absolute atomic E-state index is 5.77. The number of nitrogens with zero attached hydrogens (tertiary/aromatic N) is 4. The van der Waals surface area contributed by atoms with Crippen LogP contribution >= 0.6 is 23.1 Å². The molecule has 7 nitrogen and oxygen atoms in total. The van der Waals surface area contributed by atoms with Crippen molar-refractivity contribution in [2.24, 2.45) is 0 Å². The van der Waals surface area contributed by atoms with Gasteiger partial charge >= 0.3 is 0 Å². The summed E-state index contributed by atoms with van der Waals surface area (Å²) in [6, 6.07) is 11.6. The molecule has 0 aliphatic heterocycles. The lowest BCUT2D eigenvalue weighted by atomic mass is 10.2. The third-order valence-electron chi connectivity index (χ3n) is 3.79. The van der Waals surface area contributed by atoms with Gasteiger partial charge in [-0.25, -0.2) is 0 Å². The van der Waals surface area contributed by atoms with E-state index in [4.69, 9.17) is 13.7 Å². The molecule has 9 heteroatoms. The predicted octanol–water partition coefficient (Wildman–Crippen LogP) is 4.97. The molecule has 3 heterocycles. The molecule has 0 spiro atoms. The molecule has 4 aromatic rings. The zero-order valence-electron chi connectivity index (χ0n) is 15.2. The quantitative estimate of drug-likeness (QED) is 0.280. The lowest BCUT2D eigenvalue weighted by molar-refractivity contribution is 0.340. The Hall–Kier alpha value is -2.65. The van der Waals surface area contributed by atoms with Crippen molar-refractivity contribution >= 4 is 23.1 Å². The standard InChI is InChI=1S/C19H18N4O3S2/c1-2-24-14-8-4-3-7-13(14)18-21-22-19(25-18)28-12-6-10-16-20-17(23-26-16)15-9-5-11-27-15/h3-5,7-9,11H,2,6,10,12H2,1H3. The first-order valence-corrected chi connectivity index (χ1v) is 10.7. The molecule has 0 atom stereocenters. The molecule has 0 amide bonds. The molecule has 0 fully saturated rings. The minimum atomic E-state index is 0.462. The van der Waals surface area contributed by atoms with Crippen LogP contribution in [0.3, 0.4) is 0 Å². The Morgan fingerprint density at radius 1 is 1.14 bits per heavy atom. The first-order valence-electron chi connectivity index (χ1n) is 8.88. The third kappa shape index (κ3) is 4.42. The Morgan fingerprint density at radius 2 is 2.07 bits per heavy atom. The average Bonchev–Trinajstić information content (AvgIpc) is 3.47. The molecule has 4 rings (SSSR count). The van der Waals surface area contributed by atoms with Crippen LogP contribution in [-0.2, 0) is 6.42 Å². The zero-order chi connectivity index (χ0) is 19.2. The fourth-order valence-electron chi connectivity index (χ4n) is 2.55. The first kappa shape index (κ1) is 18.7. The van der Waals surface area contributed by atoms with E-state index in [1.165, 1.54) is 11.8 Å². The van der Waals surface area contributed by atoms with Crippen LogP contribution in [0.2, 0.25) is 0 Å². The second kappa shape index (κ2) is 9.03. The number of thiophene rings is 1. The van der Waals surface area contributed by atoms with E-state index < -0.39 is 0 Å². The minimum absolute atomic E-state index is 0.462. The largest absolute Gasteiger partial charge is 0.493 e. The second-order valence-corrected chi connectivity index (χ2v) is 7.74. The molecule has 0 aliphatic carbocycles. The highest BCUT2D eigenvalue weighted by Gasteiger charge is 2.14. The van der Waals surface area contributed by atoms with Gasteiger partial charge in [0.15, 0.2) is 0 Å². The van der Waals surface area contributed by atoms with E-state index >= 15 is 0 Å². The fraction of sp³-hybridized carbons (Fsp3) is 0.263. The Bertz CT molecular complexity index is 1010. The first-order chi connectivity index (χ1) is 13.8. The van der Waals surface area contributed by atoms with Gasteiger partial charge in [0.05, 0.1) is 17.0 Å². The Balaban J connectivity index is 1.30. The van der Waals surface area contributed by atoms with Gasteiger partial charge in [-0.3, -0.25) is 0 Å². The topological polar surface area (TPSA) is 87.1 Å². The molecule has 0 N–H and O–H groups in total. The van der Waals surface area contributed by atoms with E-state index in [2.05, 4.69) is 20.3 Å². The van der Waals surface area contributed by atoms with Gasteiger partial charge in [0.1, 0.15) is 5.75 Å². The fourth-order valence-corrected chi connectivity index (χ4v) is 3.90. The van der Waals surface area contributed by atoms with Crippen LogP contribution in [0.25, 0.3) is 22.2 Å². The van der Waals surface area contributed by atoms with Crippen LogP contribution in [0.15, 0.2) is 55.9 Å². The highest BCUT2D eigenvalue weighted by molar-refractivity contribution is 7.99. The number of para-hydroxylation sites is 1. The summed E-state index contributed by atoms with van der Waals surface area (Å²) >= 11 is 3.10. The van der Waals surface area contributed by atoms with Crippen molar-refractivity contribution in [2.45, 2.75) is 25.0 Å². The van der Waals surface area contributed by atoms with E-state index in [0.29, 0.717) is 35.9 Å². The SMILES string of the molecule is CCOc1ccccc1-c1nnc(SCCCc2nc(-c3cccs3)no2)o1. The van der Waals surface area contributed by atoms with E-state index in [1.807, 2.05) is 48.7 Å². The Labute approximate surface area is 170 Å². The number of benzene rings is 1. The van der Waals surface area contributed by atoms with Gasteiger partial charge in [0, 0.05) is 12.2 Å². The summed E-state index contributed by atoms with van der Waals surface area (Å²) in [7, 11) is 0. The van der Waals surface area contributed by atoms with Crippen LogP contribution in [0.4, 0.5) is 0 Å². The van der Waals surface area contributed by atoms with Gasteiger partial charge in [-0.2, -0.15) is 4.98 Å². The van der Waals surface area contributed by atoms with Crippen LogP contribution in [0.5, 0.6) is 5.75 Å². The number of aryl methyl sites for hydroxylation is 1. The van der Waals surface area contributed by atoms with E-state index in [1.54, 1.807) is 11.3 Å². The van der Waals surface area contributed by atoms with Crippen LogP contribution in [-0.4, -0.2) is 32.7 Å². The van der Waals surface area contributed by atoms with Crippen molar-refractivity contribution in [3.63, 3.8) is 0 Å². The van der Waals surface area contributed by atoms with Crippen molar-refractivity contribution in [2.75, 3.05) is 12.4 Å². The number of rotatable bonds is 9.